The second kappa shape index (κ2) is 18.7. The molecule has 0 radical (unpaired) electrons. The van der Waals surface area contributed by atoms with Crippen molar-refractivity contribution in [1.29, 1.82) is 0 Å². The lowest BCUT2D eigenvalue weighted by Crippen LogP contribution is -2.42. The van der Waals surface area contributed by atoms with Crippen LogP contribution in [0.3, 0.4) is 0 Å². The third-order valence-corrected chi connectivity index (χ3v) is 7.66. The number of imide groups is 1. The molecule has 2 amide bonds. The minimum atomic E-state index is -0.384. The average Bonchev–Trinajstić information content (AvgIpc) is 3.02. The minimum Gasteiger partial charge on any atom is -0.493 e. The first-order chi connectivity index (χ1) is 20.5. The highest BCUT2D eigenvalue weighted by molar-refractivity contribution is 6.10. The molecule has 3 rings (SSSR count). The molecule has 0 saturated carbocycles. The monoisotopic (exact) mass is 573 g/mol. The molecule has 0 aliphatic heterocycles. The molecule has 226 valence electrons. The van der Waals surface area contributed by atoms with Crippen molar-refractivity contribution in [3.05, 3.63) is 89.7 Å². The number of methoxy groups -OCH3 is 1. The second-order valence-corrected chi connectivity index (χ2v) is 11.0. The zero-order chi connectivity index (χ0) is 30.0. The van der Waals surface area contributed by atoms with Crippen LogP contribution in [0.4, 0.5) is 0 Å². The Hall–Kier alpha value is -3.67. The van der Waals surface area contributed by atoms with E-state index in [0.717, 1.165) is 18.5 Å². The van der Waals surface area contributed by atoms with Gasteiger partial charge in [0.2, 0.25) is 5.69 Å². The predicted octanol–water partition coefficient (Wildman–Crippen LogP) is 8.08. The summed E-state index contributed by atoms with van der Waals surface area (Å²) in [7, 11) is 3.49. The van der Waals surface area contributed by atoms with Crippen LogP contribution in [0, 0.1) is 0 Å². The molecule has 0 aliphatic carbocycles. The summed E-state index contributed by atoms with van der Waals surface area (Å²) in [6.07, 6.45) is 17.3. The zero-order valence-electron chi connectivity index (χ0n) is 25.9. The number of carbonyl (C=O) groups is 2. The summed E-state index contributed by atoms with van der Waals surface area (Å²) < 4.78 is 13.5. The molecule has 3 aromatic rings. The van der Waals surface area contributed by atoms with Crippen molar-refractivity contribution in [3.8, 4) is 11.5 Å². The van der Waals surface area contributed by atoms with E-state index < -0.39 is 0 Å². The van der Waals surface area contributed by atoms with Crippen LogP contribution < -0.4 is 14.0 Å². The van der Waals surface area contributed by atoms with E-state index in [0.29, 0.717) is 29.2 Å². The Bertz CT molecular complexity index is 1230. The van der Waals surface area contributed by atoms with E-state index in [1.54, 1.807) is 49.6 Å². The minimum absolute atomic E-state index is 0.144. The smallest absolute Gasteiger partial charge is 0.261 e. The van der Waals surface area contributed by atoms with Crippen LogP contribution in [0.2, 0.25) is 0 Å². The van der Waals surface area contributed by atoms with Gasteiger partial charge in [0.15, 0.2) is 17.7 Å². The molecule has 0 N–H and O–H groups in total. The topological polar surface area (TPSA) is 59.7 Å². The summed E-state index contributed by atoms with van der Waals surface area (Å²) >= 11 is 0. The van der Waals surface area contributed by atoms with Crippen LogP contribution in [-0.2, 0) is 13.6 Å². The molecule has 42 heavy (non-hydrogen) atoms. The first-order valence-electron chi connectivity index (χ1n) is 15.7. The molecule has 0 saturated heterocycles. The molecule has 0 aliphatic rings. The number of pyridine rings is 1. The van der Waals surface area contributed by atoms with E-state index in [1.807, 2.05) is 42.1 Å². The van der Waals surface area contributed by atoms with Gasteiger partial charge in [0.25, 0.3) is 11.8 Å². The summed E-state index contributed by atoms with van der Waals surface area (Å²) in [6.45, 7) is 2.96. The number of benzene rings is 2. The summed E-state index contributed by atoms with van der Waals surface area (Å²) in [5.74, 6) is 0.356. The molecule has 1 aromatic heterocycles. The summed E-state index contributed by atoms with van der Waals surface area (Å²) in [5.41, 5.74) is 1.68. The number of unbranched alkanes of at least 4 members (excludes halogenated alkanes) is 11. The quantitative estimate of drug-likeness (QED) is 0.0826. The van der Waals surface area contributed by atoms with Crippen molar-refractivity contribution >= 4 is 11.8 Å². The van der Waals surface area contributed by atoms with Gasteiger partial charge in [-0.2, -0.15) is 0 Å². The first kappa shape index (κ1) is 32.8. The number of hydrogen-bond acceptors (Lipinski definition) is 4. The number of aromatic nitrogens is 1. The maximum atomic E-state index is 13.8. The molecule has 6 heteroatoms. The third kappa shape index (κ3) is 10.6. The van der Waals surface area contributed by atoms with Gasteiger partial charge in [-0.1, -0.05) is 102 Å². The fraction of sp³-hybridized carbons (Fsp3) is 0.472. The van der Waals surface area contributed by atoms with E-state index in [9.17, 15) is 9.59 Å². The largest absolute Gasteiger partial charge is 0.493 e. The Kier molecular flexibility index (Phi) is 14.6. The molecule has 0 unspecified atom stereocenters. The summed E-state index contributed by atoms with van der Waals surface area (Å²) in [6, 6.07) is 19.7. The van der Waals surface area contributed by atoms with Gasteiger partial charge in [-0.25, -0.2) is 4.57 Å². The Labute approximate surface area is 252 Å². The standard InChI is InChI=1S/C36H49N2O4/c1-4-5-6-7-8-9-10-11-12-13-14-20-27-42-34-28-31(24-25-33(34)41-3)36(40)38(29-32-23-18-19-26-37(32)2)35(39)30-21-16-15-17-22-30/h15-19,21-26,28H,4-14,20,27,29H2,1-3H3/q+1. The summed E-state index contributed by atoms with van der Waals surface area (Å²) in [5, 5.41) is 0. The van der Waals surface area contributed by atoms with Crippen molar-refractivity contribution < 1.29 is 23.6 Å². The number of rotatable bonds is 19. The Morgan fingerprint density at radius 2 is 1.29 bits per heavy atom. The van der Waals surface area contributed by atoms with Gasteiger partial charge >= 0.3 is 0 Å². The molecular weight excluding hydrogens is 524 g/mol. The number of nitrogens with zero attached hydrogens (tertiary/aromatic N) is 2. The molecule has 0 atom stereocenters. The van der Waals surface area contributed by atoms with E-state index in [2.05, 4.69) is 6.92 Å². The average molecular weight is 574 g/mol. The molecule has 0 fully saturated rings. The van der Waals surface area contributed by atoms with Gasteiger partial charge in [0.1, 0.15) is 13.6 Å². The zero-order valence-corrected chi connectivity index (χ0v) is 25.9. The fourth-order valence-corrected chi connectivity index (χ4v) is 5.06. The van der Waals surface area contributed by atoms with Crippen molar-refractivity contribution in [3.63, 3.8) is 0 Å². The van der Waals surface area contributed by atoms with Crippen molar-refractivity contribution in [2.75, 3.05) is 13.7 Å². The van der Waals surface area contributed by atoms with Crippen LogP contribution in [0.5, 0.6) is 11.5 Å². The number of ether oxygens (including phenoxy) is 2. The highest BCUT2D eigenvalue weighted by Gasteiger charge is 2.27. The van der Waals surface area contributed by atoms with Crippen LogP contribution in [-0.4, -0.2) is 30.4 Å². The molecule has 0 bridgehead atoms. The lowest BCUT2D eigenvalue weighted by Gasteiger charge is -2.21. The third-order valence-electron chi connectivity index (χ3n) is 7.66. The van der Waals surface area contributed by atoms with Gasteiger partial charge in [0.05, 0.1) is 13.7 Å². The molecule has 1 heterocycles. The Morgan fingerprint density at radius 1 is 0.690 bits per heavy atom. The van der Waals surface area contributed by atoms with Crippen molar-refractivity contribution in [2.24, 2.45) is 7.05 Å². The van der Waals surface area contributed by atoms with Gasteiger partial charge in [0, 0.05) is 23.3 Å². The lowest BCUT2D eigenvalue weighted by molar-refractivity contribution is -0.679. The van der Waals surface area contributed by atoms with E-state index in [4.69, 9.17) is 9.47 Å². The van der Waals surface area contributed by atoms with E-state index in [-0.39, 0.29) is 18.4 Å². The van der Waals surface area contributed by atoms with Gasteiger partial charge < -0.3 is 9.47 Å². The molecule has 2 aromatic carbocycles. The van der Waals surface area contributed by atoms with E-state index in [1.165, 1.54) is 69.1 Å². The highest BCUT2D eigenvalue weighted by Crippen LogP contribution is 2.29. The highest BCUT2D eigenvalue weighted by atomic mass is 16.5. The van der Waals surface area contributed by atoms with Gasteiger partial charge in [-0.3, -0.25) is 14.5 Å². The normalized spacial score (nSPS) is 10.8. The van der Waals surface area contributed by atoms with Gasteiger partial charge in [-0.05, 0) is 36.8 Å². The molecule has 6 nitrogen and oxygen atoms in total. The number of hydrogen-bond donors (Lipinski definition) is 0. The fourth-order valence-electron chi connectivity index (χ4n) is 5.06. The van der Waals surface area contributed by atoms with Crippen molar-refractivity contribution in [1.82, 2.24) is 4.90 Å². The van der Waals surface area contributed by atoms with Gasteiger partial charge in [-0.15, -0.1) is 0 Å². The molecule has 0 spiro atoms. The lowest BCUT2D eigenvalue weighted by atomic mass is 10.1. The summed E-state index contributed by atoms with van der Waals surface area (Å²) in [4.78, 5) is 28.6. The Balaban J connectivity index is 1.57. The van der Waals surface area contributed by atoms with Crippen LogP contribution in [0.25, 0.3) is 0 Å². The van der Waals surface area contributed by atoms with Crippen LogP contribution in [0.1, 0.15) is 110 Å². The maximum Gasteiger partial charge on any atom is 0.261 e. The van der Waals surface area contributed by atoms with E-state index >= 15 is 0 Å². The van der Waals surface area contributed by atoms with Crippen LogP contribution in [0.15, 0.2) is 72.9 Å². The Morgan fingerprint density at radius 3 is 1.90 bits per heavy atom. The number of amides is 2. The predicted molar refractivity (Wildman–Crippen MR) is 168 cm³/mol. The first-order valence-corrected chi connectivity index (χ1v) is 15.7. The maximum absolute atomic E-state index is 13.8. The second-order valence-electron chi connectivity index (χ2n) is 11.0. The molecular formula is C36H49N2O4+. The van der Waals surface area contributed by atoms with Crippen LogP contribution >= 0.6 is 0 Å². The number of aryl methyl sites for hydroxylation is 1. The SMILES string of the molecule is CCCCCCCCCCCCCCOc1cc(C(=O)N(Cc2cccc[n+]2C)C(=O)c2ccccc2)ccc1OC. The number of carbonyl (C=O) groups excluding carboxylic acids is 2. The van der Waals surface area contributed by atoms with Crippen molar-refractivity contribution in [2.45, 2.75) is 90.5 Å².